The molecule has 1 amide bonds. The van der Waals surface area contributed by atoms with Gasteiger partial charge in [-0.1, -0.05) is 26.8 Å². The fourth-order valence-electron chi connectivity index (χ4n) is 4.16. The van der Waals surface area contributed by atoms with Crippen LogP contribution in [0.3, 0.4) is 0 Å². The molecule has 0 saturated heterocycles. The number of aryl methyl sites for hydroxylation is 1. The first-order valence-corrected chi connectivity index (χ1v) is 9.92. The fourth-order valence-corrected chi connectivity index (χ4v) is 4.16. The van der Waals surface area contributed by atoms with Gasteiger partial charge in [-0.25, -0.2) is 0 Å². The third-order valence-corrected chi connectivity index (χ3v) is 5.63. The lowest BCUT2D eigenvalue weighted by atomic mass is 9.75. The van der Waals surface area contributed by atoms with Crippen molar-refractivity contribution in [2.45, 2.75) is 46.0 Å². The lowest BCUT2D eigenvalue weighted by Crippen LogP contribution is -2.42. The Morgan fingerprint density at radius 2 is 1.86 bits per heavy atom. The summed E-state index contributed by atoms with van der Waals surface area (Å²) in [5, 5.41) is 0. The number of hydrogen-bond acceptors (Lipinski definition) is 3. The molecule has 0 saturated carbocycles. The molecule has 0 atom stereocenters. The van der Waals surface area contributed by atoms with Crippen molar-refractivity contribution in [2.24, 2.45) is 0 Å². The van der Waals surface area contributed by atoms with Crippen LogP contribution in [-0.4, -0.2) is 32.8 Å². The Morgan fingerprint density at radius 3 is 2.46 bits per heavy atom. The molecule has 0 aliphatic carbocycles. The lowest BCUT2D eigenvalue weighted by Gasteiger charge is -2.39. The first kappa shape index (κ1) is 20.1. The van der Waals surface area contributed by atoms with Gasteiger partial charge in [-0.05, 0) is 54.3 Å². The SMILES string of the molecule is CCCN1C(=O)CC(C)(C)c2cc(C)c(-c3cc(C=O)ccc3N(C)C)cc21. The van der Waals surface area contributed by atoms with E-state index >= 15 is 0 Å². The molecule has 0 fully saturated rings. The summed E-state index contributed by atoms with van der Waals surface area (Å²) >= 11 is 0. The molecule has 0 N–H and O–H groups in total. The molecule has 2 aromatic carbocycles. The standard InChI is InChI=1S/C24H30N2O2/c1-7-10-26-22-13-18(16(2)11-20(22)24(3,4)14-23(26)28)19-12-17(15-27)8-9-21(19)25(5)6/h8-9,11-13,15H,7,10,14H2,1-6H3. The van der Waals surface area contributed by atoms with Gasteiger partial charge < -0.3 is 9.80 Å². The summed E-state index contributed by atoms with van der Waals surface area (Å²) < 4.78 is 0. The van der Waals surface area contributed by atoms with Crippen LogP contribution in [0, 0.1) is 6.92 Å². The average Bonchev–Trinajstić information content (AvgIpc) is 2.64. The molecule has 4 nitrogen and oxygen atoms in total. The molecule has 148 valence electrons. The van der Waals surface area contributed by atoms with E-state index in [1.807, 2.05) is 37.2 Å². The first-order chi connectivity index (χ1) is 13.2. The number of hydrogen-bond donors (Lipinski definition) is 0. The third-order valence-electron chi connectivity index (χ3n) is 5.63. The predicted octanol–water partition coefficient (Wildman–Crippen LogP) is 4.96. The van der Waals surface area contributed by atoms with Crippen molar-refractivity contribution in [1.29, 1.82) is 0 Å². The van der Waals surface area contributed by atoms with Crippen LogP contribution in [0.4, 0.5) is 11.4 Å². The maximum atomic E-state index is 12.8. The second-order valence-electron chi connectivity index (χ2n) is 8.58. The van der Waals surface area contributed by atoms with E-state index in [0.29, 0.717) is 12.0 Å². The van der Waals surface area contributed by atoms with E-state index < -0.39 is 0 Å². The summed E-state index contributed by atoms with van der Waals surface area (Å²) in [5.74, 6) is 0.184. The van der Waals surface area contributed by atoms with Crippen molar-refractivity contribution in [3.63, 3.8) is 0 Å². The van der Waals surface area contributed by atoms with Crippen LogP contribution in [0.5, 0.6) is 0 Å². The van der Waals surface area contributed by atoms with Gasteiger partial charge in [-0.3, -0.25) is 9.59 Å². The summed E-state index contributed by atoms with van der Waals surface area (Å²) in [4.78, 5) is 28.2. The molecule has 0 unspecified atom stereocenters. The zero-order valence-corrected chi connectivity index (χ0v) is 17.8. The van der Waals surface area contributed by atoms with Gasteiger partial charge in [0.2, 0.25) is 5.91 Å². The highest BCUT2D eigenvalue weighted by Crippen LogP contribution is 2.44. The highest BCUT2D eigenvalue weighted by Gasteiger charge is 2.37. The maximum Gasteiger partial charge on any atom is 0.227 e. The van der Waals surface area contributed by atoms with Crippen molar-refractivity contribution in [3.05, 3.63) is 47.0 Å². The average molecular weight is 379 g/mol. The minimum Gasteiger partial charge on any atom is -0.377 e. The molecule has 28 heavy (non-hydrogen) atoms. The number of carbonyl (C=O) groups is 2. The van der Waals surface area contributed by atoms with Gasteiger partial charge in [0.1, 0.15) is 6.29 Å². The van der Waals surface area contributed by atoms with Gasteiger partial charge >= 0.3 is 0 Å². The van der Waals surface area contributed by atoms with Crippen LogP contribution in [-0.2, 0) is 10.2 Å². The van der Waals surface area contributed by atoms with Gasteiger partial charge in [0.25, 0.3) is 0 Å². The molecule has 1 aliphatic rings. The van der Waals surface area contributed by atoms with Crippen LogP contribution >= 0.6 is 0 Å². The molecule has 4 heteroatoms. The Balaban J connectivity index is 2.28. The van der Waals surface area contributed by atoms with E-state index in [0.717, 1.165) is 47.3 Å². The van der Waals surface area contributed by atoms with E-state index in [4.69, 9.17) is 0 Å². The van der Waals surface area contributed by atoms with Gasteiger partial charge in [-0.15, -0.1) is 0 Å². The minimum atomic E-state index is -0.186. The van der Waals surface area contributed by atoms with Crippen molar-refractivity contribution < 1.29 is 9.59 Å². The van der Waals surface area contributed by atoms with E-state index in [1.54, 1.807) is 0 Å². The topological polar surface area (TPSA) is 40.6 Å². The second kappa shape index (κ2) is 7.42. The predicted molar refractivity (Wildman–Crippen MR) is 117 cm³/mol. The Kier molecular flexibility index (Phi) is 5.33. The van der Waals surface area contributed by atoms with Crippen LogP contribution in [0.1, 0.15) is 55.1 Å². The number of nitrogens with zero attached hydrogens (tertiary/aromatic N) is 2. The van der Waals surface area contributed by atoms with Gasteiger partial charge in [0.05, 0.1) is 0 Å². The number of carbonyl (C=O) groups excluding carboxylic acids is 2. The van der Waals surface area contributed by atoms with Crippen molar-refractivity contribution in [2.75, 3.05) is 30.4 Å². The molecule has 2 aromatic rings. The summed E-state index contributed by atoms with van der Waals surface area (Å²) in [7, 11) is 4.01. The van der Waals surface area contributed by atoms with Crippen LogP contribution in [0.25, 0.3) is 11.1 Å². The van der Waals surface area contributed by atoms with Crippen LogP contribution < -0.4 is 9.80 Å². The van der Waals surface area contributed by atoms with Crippen molar-refractivity contribution >= 4 is 23.6 Å². The monoisotopic (exact) mass is 378 g/mol. The van der Waals surface area contributed by atoms with E-state index in [1.165, 1.54) is 5.56 Å². The fraction of sp³-hybridized carbons (Fsp3) is 0.417. The maximum absolute atomic E-state index is 12.8. The van der Waals surface area contributed by atoms with Crippen molar-refractivity contribution in [1.82, 2.24) is 0 Å². The number of aldehydes is 1. The Hall–Kier alpha value is -2.62. The van der Waals surface area contributed by atoms with E-state index in [9.17, 15) is 9.59 Å². The van der Waals surface area contributed by atoms with Gasteiger partial charge in [0.15, 0.2) is 0 Å². The summed E-state index contributed by atoms with van der Waals surface area (Å²) in [6, 6.07) is 10.1. The zero-order chi connectivity index (χ0) is 20.6. The Bertz CT molecular complexity index is 928. The molecule has 0 bridgehead atoms. The highest BCUT2D eigenvalue weighted by atomic mass is 16.2. The zero-order valence-electron chi connectivity index (χ0n) is 17.8. The lowest BCUT2D eigenvalue weighted by molar-refractivity contribution is -0.120. The first-order valence-electron chi connectivity index (χ1n) is 9.92. The Labute approximate surface area is 168 Å². The highest BCUT2D eigenvalue weighted by molar-refractivity contribution is 5.99. The van der Waals surface area contributed by atoms with E-state index in [2.05, 4.69) is 44.7 Å². The smallest absolute Gasteiger partial charge is 0.227 e. The van der Waals surface area contributed by atoms with Crippen molar-refractivity contribution in [3.8, 4) is 11.1 Å². The molecule has 0 spiro atoms. The largest absolute Gasteiger partial charge is 0.377 e. The molecular weight excluding hydrogens is 348 g/mol. The third kappa shape index (κ3) is 3.44. The number of rotatable bonds is 5. The number of amides is 1. The second-order valence-corrected chi connectivity index (χ2v) is 8.58. The van der Waals surface area contributed by atoms with Crippen LogP contribution in [0.15, 0.2) is 30.3 Å². The number of fused-ring (bicyclic) bond motifs is 1. The molecular formula is C24H30N2O2. The summed E-state index contributed by atoms with van der Waals surface area (Å²) in [6.07, 6.45) is 2.33. The van der Waals surface area contributed by atoms with E-state index in [-0.39, 0.29) is 11.3 Å². The quantitative estimate of drug-likeness (QED) is 0.690. The minimum absolute atomic E-state index is 0.184. The normalized spacial score (nSPS) is 15.4. The Morgan fingerprint density at radius 1 is 1.14 bits per heavy atom. The number of benzene rings is 2. The van der Waals surface area contributed by atoms with Crippen LogP contribution in [0.2, 0.25) is 0 Å². The number of anilines is 2. The molecule has 1 heterocycles. The molecule has 0 radical (unpaired) electrons. The van der Waals surface area contributed by atoms with Gasteiger partial charge in [-0.2, -0.15) is 0 Å². The molecule has 0 aromatic heterocycles. The molecule has 3 rings (SSSR count). The summed E-state index contributed by atoms with van der Waals surface area (Å²) in [5.41, 5.74) is 6.99. The summed E-state index contributed by atoms with van der Waals surface area (Å²) in [6.45, 7) is 9.22. The molecule has 1 aliphatic heterocycles. The van der Waals surface area contributed by atoms with Gasteiger partial charge in [0, 0.05) is 55.0 Å².